The lowest BCUT2D eigenvalue weighted by atomic mass is 10.2. The summed E-state index contributed by atoms with van der Waals surface area (Å²) in [6.45, 7) is 4.49. The van der Waals surface area contributed by atoms with E-state index in [-0.39, 0.29) is 6.10 Å². The van der Waals surface area contributed by atoms with Gasteiger partial charge in [0.05, 0.1) is 30.4 Å². The lowest BCUT2D eigenvalue weighted by Gasteiger charge is -2.24. The van der Waals surface area contributed by atoms with E-state index in [1.165, 1.54) is 6.20 Å². The van der Waals surface area contributed by atoms with E-state index in [1.807, 2.05) is 44.1 Å². The number of urea groups is 1. The fraction of sp³-hybridized carbons (Fsp3) is 0.421. The first-order valence-electron chi connectivity index (χ1n) is 9.14. The number of aryl methyl sites for hydroxylation is 1. The van der Waals surface area contributed by atoms with Crippen LogP contribution in [0.15, 0.2) is 30.6 Å². The Balaban J connectivity index is 1.69. The summed E-state index contributed by atoms with van der Waals surface area (Å²) in [5, 5.41) is 8.77. The van der Waals surface area contributed by atoms with Gasteiger partial charge in [0, 0.05) is 32.9 Å². The molecule has 1 aromatic heterocycles. The third-order valence-electron chi connectivity index (χ3n) is 4.18. The molecule has 0 radical (unpaired) electrons. The Morgan fingerprint density at radius 2 is 2.18 bits per heavy atom. The maximum absolute atomic E-state index is 12.4. The van der Waals surface area contributed by atoms with Crippen molar-refractivity contribution in [3.05, 3.63) is 36.3 Å². The molecule has 2 aromatic rings. The molecule has 0 saturated carbocycles. The molecular formula is C19H26N6O3. The third-order valence-corrected chi connectivity index (χ3v) is 4.18. The van der Waals surface area contributed by atoms with E-state index >= 15 is 0 Å². The fourth-order valence-corrected chi connectivity index (χ4v) is 2.66. The largest absolute Gasteiger partial charge is 0.489 e. The molecule has 1 fully saturated rings. The third kappa shape index (κ3) is 5.54. The highest BCUT2D eigenvalue weighted by Gasteiger charge is 2.16. The van der Waals surface area contributed by atoms with E-state index in [1.54, 1.807) is 6.20 Å². The molecule has 3 N–H and O–H groups in total. The van der Waals surface area contributed by atoms with Crippen LogP contribution >= 0.6 is 0 Å². The molecule has 28 heavy (non-hydrogen) atoms. The number of nitrogens with zero attached hydrogens (tertiary/aromatic N) is 3. The smallest absolute Gasteiger partial charge is 0.325 e. The molecule has 9 nitrogen and oxygen atoms in total. The van der Waals surface area contributed by atoms with Gasteiger partial charge in [0.25, 0.3) is 0 Å². The van der Waals surface area contributed by atoms with Gasteiger partial charge in [0.15, 0.2) is 5.82 Å². The Morgan fingerprint density at radius 1 is 1.32 bits per heavy atom. The molecule has 2 heterocycles. The first-order chi connectivity index (χ1) is 13.5. The first kappa shape index (κ1) is 19.8. The lowest BCUT2D eigenvalue weighted by Crippen LogP contribution is -2.41. The van der Waals surface area contributed by atoms with Crippen LogP contribution in [0.25, 0.3) is 0 Å². The van der Waals surface area contributed by atoms with Crippen molar-refractivity contribution in [2.75, 3.05) is 55.9 Å². The number of morpholine rings is 1. The highest BCUT2D eigenvalue weighted by Crippen LogP contribution is 2.29. The van der Waals surface area contributed by atoms with Gasteiger partial charge in [0.2, 0.25) is 0 Å². The quantitative estimate of drug-likeness (QED) is 0.697. The maximum Gasteiger partial charge on any atom is 0.325 e. The summed E-state index contributed by atoms with van der Waals surface area (Å²) in [5.41, 5.74) is 2.28. The molecule has 0 bridgehead atoms. The van der Waals surface area contributed by atoms with Crippen molar-refractivity contribution >= 4 is 23.2 Å². The Kier molecular flexibility index (Phi) is 6.62. The van der Waals surface area contributed by atoms with Gasteiger partial charge in [-0.2, -0.15) is 0 Å². The Morgan fingerprint density at radius 3 is 2.86 bits per heavy atom. The van der Waals surface area contributed by atoms with E-state index in [0.717, 1.165) is 24.5 Å². The van der Waals surface area contributed by atoms with Gasteiger partial charge in [0.1, 0.15) is 18.5 Å². The molecule has 150 valence electrons. The molecule has 1 aliphatic rings. The summed E-state index contributed by atoms with van der Waals surface area (Å²) >= 11 is 0. The average Bonchev–Trinajstić information content (AvgIpc) is 2.69. The minimum atomic E-state index is -0.422. The standard InChI is InChI=1S/C19H26N6O3/c1-13-9-22-18(11-21-13)24-19(26)23-16-8-14(25(2)3)4-5-17(16)28-12-15-10-20-6-7-27-15/h4-5,8-9,11,15,20H,6-7,10,12H2,1-3H3,(H2,22,23,24,26). The summed E-state index contributed by atoms with van der Waals surface area (Å²) < 4.78 is 11.6. The second-order valence-corrected chi connectivity index (χ2v) is 6.70. The number of hydrogen-bond acceptors (Lipinski definition) is 7. The van der Waals surface area contributed by atoms with Crippen LogP contribution in [0.1, 0.15) is 5.69 Å². The number of nitrogens with one attached hydrogen (secondary N) is 3. The van der Waals surface area contributed by atoms with Gasteiger partial charge in [-0.1, -0.05) is 0 Å². The molecule has 1 aromatic carbocycles. The van der Waals surface area contributed by atoms with Crippen molar-refractivity contribution in [3.8, 4) is 5.75 Å². The van der Waals surface area contributed by atoms with Gasteiger partial charge >= 0.3 is 6.03 Å². The van der Waals surface area contributed by atoms with Gasteiger partial charge in [-0.3, -0.25) is 10.3 Å². The Bertz CT molecular complexity index is 791. The van der Waals surface area contributed by atoms with Gasteiger partial charge in [-0.15, -0.1) is 0 Å². The molecule has 1 unspecified atom stereocenters. The van der Waals surface area contributed by atoms with Gasteiger partial charge in [-0.05, 0) is 25.1 Å². The number of ether oxygens (including phenoxy) is 2. The van der Waals surface area contributed by atoms with E-state index in [2.05, 4.69) is 25.9 Å². The van der Waals surface area contributed by atoms with Gasteiger partial charge in [-0.25, -0.2) is 9.78 Å². The number of amides is 2. The molecule has 0 aliphatic carbocycles. The highest BCUT2D eigenvalue weighted by atomic mass is 16.5. The van der Waals surface area contributed by atoms with E-state index in [0.29, 0.717) is 30.5 Å². The molecule has 0 spiro atoms. The molecule has 2 amide bonds. The summed E-state index contributed by atoms with van der Waals surface area (Å²) in [5.74, 6) is 0.945. The molecule has 3 rings (SSSR count). The summed E-state index contributed by atoms with van der Waals surface area (Å²) in [6, 6.07) is 5.21. The average molecular weight is 386 g/mol. The molecular weight excluding hydrogens is 360 g/mol. The topological polar surface area (TPSA) is 101 Å². The zero-order valence-corrected chi connectivity index (χ0v) is 16.4. The minimum Gasteiger partial charge on any atom is -0.489 e. The van der Waals surface area contributed by atoms with Crippen molar-refractivity contribution < 1.29 is 14.3 Å². The second kappa shape index (κ2) is 9.34. The summed E-state index contributed by atoms with van der Waals surface area (Å²) in [4.78, 5) is 22.6. The second-order valence-electron chi connectivity index (χ2n) is 6.70. The van der Waals surface area contributed by atoms with Crippen LogP contribution in [0.4, 0.5) is 22.0 Å². The van der Waals surface area contributed by atoms with Crippen LogP contribution in [0.2, 0.25) is 0 Å². The summed E-state index contributed by atoms with van der Waals surface area (Å²) in [6.07, 6.45) is 3.08. The number of carbonyl (C=O) groups is 1. The number of aromatic nitrogens is 2. The van der Waals surface area contributed by atoms with Crippen molar-refractivity contribution in [3.63, 3.8) is 0 Å². The zero-order valence-electron chi connectivity index (χ0n) is 16.4. The lowest BCUT2D eigenvalue weighted by molar-refractivity contribution is 0.000353. The Hall–Kier alpha value is -2.91. The van der Waals surface area contributed by atoms with Crippen LogP contribution in [0.5, 0.6) is 5.75 Å². The summed E-state index contributed by atoms with van der Waals surface area (Å²) in [7, 11) is 3.87. The van der Waals surface area contributed by atoms with Gasteiger partial charge < -0.3 is 25.0 Å². The first-order valence-corrected chi connectivity index (χ1v) is 9.14. The zero-order chi connectivity index (χ0) is 19.9. The number of hydrogen-bond donors (Lipinski definition) is 3. The molecule has 1 aliphatic heterocycles. The molecule has 1 saturated heterocycles. The van der Waals surface area contributed by atoms with E-state index in [4.69, 9.17) is 9.47 Å². The van der Waals surface area contributed by atoms with Crippen molar-refractivity contribution in [2.45, 2.75) is 13.0 Å². The van der Waals surface area contributed by atoms with Crippen molar-refractivity contribution in [2.24, 2.45) is 0 Å². The van der Waals surface area contributed by atoms with Crippen LogP contribution in [-0.4, -0.2) is 62.5 Å². The van der Waals surface area contributed by atoms with E-state index in [9.17, 15) is 4.79 Å². The van der Waals surface area contributed by atoms with Crippen molar-refractivity contribution in [1.82, 2.24) is 15.3 Å². The number of benzene rings is 1. The number of anilines is 3. The SMILES string of the molecule is Cc1cnc(NC(=O)Nc2cc(N(C)C)ccc2OCC2CNCCO2)cn1. The minimum absolute atomic E-state index is 0.0215. The van der Waals surface area contributed by atoms with Crippen molar-refractivity contribution in [1.29, 1.82) is 0 Å². The Labute approximate surface area is 164 Å². The van der Waals surface area contributed by atoms with Crippen LogP contribution in [0.3, 0.4) is 0 Å². The maximum atomic E-state index is 12.4. The molecule has 1 atom stereocenters. The van der Waals surface area contributed by atoms with E-state index < -0.39 is 6.03 Å². The molecule has 9 heteroatoms. The van der Waals surface area contributed by atoms with Crippen LogP contribution in [-0.2, 0) is 4.74 Å². The predicted molar refractivity (Wildman–Crippen MR) is 108 cm³/mol. The highest BCUT2D eigenvalue weighted by molar-refractivity contribution is 6.00. The number of carbonyl (C=O) groups excluding carboxylic acids is 1. The van der Waals surface area contributed by atoms with Crippen LogP contribution < -0.4 is 25.6 Å². The number of rotatable bonds is 6. The predicted octanol–water partition coefficient (Wildman–Crippen LogP) is 1.86. The fourth-order valence-electron chi connectivity index (χ4n) is 2.66. The normalized spacial score (nSPS) is 16.3. The monoisotopic (exact) mass is 386 g/mol. The van der Waals surface area contributed by atoms with Crippen LogP contribution in [0, 0.1) is 6.92 Å².